The Morgan fingerprint density at radius 3 is 0.955 bits per heavy atom. The van der Waals surface area contributed by atoms with E-state index in [1.54, 1.807) is 0 Å². The number of rotatable bonds is 46. The first-order valence-corrected chi connectivity index (χ1v) is 26.8. The van der Waals surface area contributed by atoms with Crippen LogP contribution in [0.5, 0.6) is 0 Å². The minimum atomic E-state index is -0.820. The molecule has 6 heteroatoms. The minimum absolute atomic E-state index is 0.117. The standard InChI is InChI=1S/C61H96O6/c1-4-7-10-13-16-19-22-25-27-29-31-33-36-39-42-45-48-51-54-60(63)66-57-58(56-65-59(62)53-50-47-44-41-38-35-24-21-18-15-12-9-6-3)67-61(64)55-52-49-46-43-40-37-34-32-30-28-26-23-20-17-14-11-8-5-2/h9,12,15-16,18-19,21-35,38,58H,4-8,10-11,13-14,17,20,36-37,39-57H2,1-3H3/b12-9-,18-15-,19-16-,24-21-,25-22-,26-23-,29-27-,30-28-,33-31-,34-32-,38-35-. The van der Waals surface area contributed by atoms with E-state index in [1.165, 1.54) is 51.4 Å². The number of esters is 3. The zero-order valence-electron chi connectivity index (χ0n) is 42.9. The fraction of sp³-hybridized carbons (Fsp3) is 0.590. The molecule has 6 nitrogen and oxygen atoms in total. The van der Waals surface area contributed by atoms with Crippen LogP contribution in [0.25, 0.3) is 0 Å². The molecule has 0 aromatic heterocycles. The second-order valence-electron chi connectivity index (χ2n) is 17.3. The Bertz CT molecular complexity index is 1480. The molecular weight excluding hydrogens is 829 g/mol. The van der Waals surface area contributed by atoms with Gasteiger partial charge in [-0.25, -0.2) is 0 Å². The van der Waals surface area contributed by atoms with Gasteiger partial charge in [0.2, 0.25) is 0 Å². The predicted octanol–water partition coefficient (Wildman–Crippen LogP) is 17.9. The quantitative estimate of drug-likeness (QED) is 0.0262. The molecular formula is C61H96O6. The molecule has 0 rings (SSSR count). The molecule has 376 valence electrons. The average molecular weight is 925 g/mol. The van der Waals surface area contributed by atoms with Crippen molar-refractivity contribution in [1.82, 2.24) is 0 Å². The lowest BCUT2D eigenvalue weighted by atomic mass is 10.1. The topological polar surface area (TPSA) is 78.9 Å². The highest BCUT2D eigenvalue weighted by Gasteiger charge is 2.19. The summed E-state index contributed by atoms with van der Waals surface area (Å²) in [4.78, 5) is 38.0. The summed E-state index contributed by atoms with van der Waals surface area (Å²) in [6, 6.07) is 0. The van der Waals surface area contributed by atoms with Crippen molar-refractivity contribution in [3.05, 3.63) is 134 Å². The van der Waals surface area contributed by atoms with E-state index in [9.17, 15) is 14.4 Å². The minimum Gasteiger partial charge on any atom is -0.462 e. The third kappa shape index (κ3) is 52.4. The van der Waals surface area contributed by atoms with Crippen molar-refractivity contribution in [3.8, 4) is 0 Å². The van der Waals surface area contributed by atoms with Crippen LogP contribution in [0.4, 0.5) is 0 Å². The smallest absolute Gasteiger partial charge is 0.306 e. The third-order valence-corrected chi connectivity index (χ3v) is 10.9. The highest BCUT2D eigenvalue weighted by atomic mass is 16.6. The van der Waals surface area contributed by atoms with E-state index in [1.807, 2.05) is 36.5 Å². The molecule has 0 saturated heterocycles. The summed E-state index contributed by atoms with van der Waals surface area (Å²) in [6.45, 7) is 6.35. The number of carbonyl (C=O) groups is 3. The molecule has 1 atom stereocenters. The lowest BCUT2D eigenvalue weighted by molar-refractivity contribution is -0.167. The van der Waals surface area contributed by atoms with Gasteiger partial charge in [0.05, 0.1) is 0 Å². The third-order valence-electron chi connectivity index (χ3n) is 10.9. The van der Waals surface area contributed by atoms with Crippen LogP contribution in [0.3, 0.4) is 0 Å². The van der Waals surface area contributed by atoms with Crippen LogP contribution in [0.15, 0.2) is 134 Å². The fourth-order valence-electron chi connectivity index (χ4n) is 6.82. The van der Waals surface area contributed by atoms with E-state index in [-0.39, 0.29) is 37.5 Å². The summed E-state index contributed by atoms with van der Waals surface area (Å²) in [7, 11) is 0. The highest BCUT2D eigenvalue weighted by molar-refractivity contribution is 5.71. The van der Waals surface area contributed by atoms with Crippen molar-refractivity contribution >= 4 is 17.9 Å². The molecule has 0 fully saturated rings. The molecule has 0 radical (unpaired) electrons. The summed E-state index contributed by atoms with van der Waals surface area (Å²) in [5, 5.41) is 0. The first kappa shape index (κ1) is 62.5. The molecule has 0 aliphatic heterocycles. The van der Waals surface area contributed by atoms with Crippen LogP contribution < -0.4 is 0 Å². The number of ether oxygens (including phenoxy) is 3. The van der Waals surface area contributed by atoms with Gasteiger partial charge in [-0.15, -0.1) is 0 Å². The van der Waals surface area contributed by atoms with Crippen LogP contribution in [-0.2, 0) is 28.6 Å². The van der Waals surface area contributed by atoms with Crippen LogP contribution in [0.1, 0.15) is 213 Å². The van der Waals surface area contributed by atoms with Crippen LogP contribution in [0, 0.1) is 0 Å². The largest absolute Gasteiger partial charge is 0.462 e. The van der Waals surface area contributed by atoms with Gasteiger partial charge in [-0.05, 0) is 89.9 Å². The predicted molar refractivity (Wildman–Crippen MR) is 288 cm³/mol. The second-order valence-corrected chi connectivity index (χ2v) is 17.3. The SMILES string of the molecule is CC\C=C/C=C\C=C/C=C\CCCCCC(=O)OCC(COC(=O)CCCCCCC\C=C/C=C\C=C/C=C\CCCCC)OC(=O)CCCCCCC\C=C/C=C\C=C/CCCCCCC. The van der Waals surface area contributed by atoms with Crippen LogP contribution in [0.2, 0.25) is 0 Å². The van der Waals surface area contributed by atoms with E-state index in [4.69, 9.17) is 14.2 Å². The molecule has 0 saturated carbocycles. The Morgan fingerprint density at radius 2 is 0.582 bits per heavy atom. The molecule has 0 bridgehead atoms. The van der Waals surface area contributed by atoms with Crippen molar-refractivity contribution in [2.45, 2.75) is 219 Å². The van der Waals surface area contributed by atoms with E-state index in [2.05, 4.69) is 118 Å². The van der Waals surface area contributed by atoms with Crippen molar-refractivity contribution in [2.24, 2.45) is 0 Å². The Hall–Kier alpha value is -4.45. The molecule has 0 heterocycles. The highest BCUT2D eigenvalue weighted by Crippen LogP contribution is 2.13. The maximum atomic E-state index is 12.8. The van der Waals surface area contributed by atoms with Gasteiger partial charge < -0.3 is 14.2 Å². The molecule has 67 heavy (non-hydrogen) atoms. The van der Waals surface area contributed by atoms with Crippen molar-refractivity contribution in [2.75, 3.05) is 13.2 Å². The van der Waals surface area contributed by atoms with Gasteiger partial charge >= 0.3 is 17.9 Å². The summed E-state index contributed by atoms with van der Waals surface area (Å²) in [5.74, 6) is -1.01. The van der Waals surface area contributed by atoms with Gasteiger partial charge in [0, 0.05) is 19.3 Å². The summed E-state index contributed by atoms with van der Waals surface area (Å²) in [6.07, 6.45) is 75.7. The van der Waals surface area contributed by atoms with E-state index < -0.39 is 6.10 Å². The van der Waals surface area contributed by atoms with Gasteiger partial charge in [-0.2, -0.15) is 0 Å². The van der Waals surface area contributed by atoms with Gasteiger partial charge in [-0.1, -0.05) is 238 Å². The molecule has 0 aromatic rings. The zero-order chi connectivity index (χ0) is 48.6. The maximum Gasteiger partial charge on any atom is 0.306 e. The van der Waals surface area contributed by atoms with E-state index >= 15 is 0 Å². The number of allylic oxidation sites excluding steroid dienone is 22. The monoisotopic (exact) mass is 925 g/mol. The zero-order valence-corrected chi connectivity index (χ0v) is 42.9. The van der Waals surface area contributed by atoms with Crippen molar-refractivity contribution in [1.29, 1.82) is 0 Å². The molecule has 0 aliphatic carbocycles. The Morgan fingerprint density at radius 1 is 0.313 bits per heavy atom. The number of hydrogen-bond donors (Lipinski definition) is 0. The Kier molecular flexibility index (Phi) is 50.6. The van der Waals surface area contributed by atoms with Gasteiger partial charge in [0.1, 0.15) is 13.2 Å². The van der Waals surface area contributed by atoms with Gasteiger partial charge in [0.15, 0.2) is 6.10 Å². The van der Waals surface area contributed by atoms with Crippen LogP contribution in [-0.4, -0.2) is 37.2 Å². The number of hydrogen-bond acceptors (Lipinski definition) is 6. The molecule has 0 N–H and O–H groups in total. The average Bonchev–Trinajstić information content (AvgIpc) is 3.33. The van der Waals surface area contributed by atoms with E-state index in [0.717, 1.165) is 122 Å². The van der Waals surface area contributed by atoms with Gasteiger partial charge in [-0.3, -0.25) is 14.4 Å². The first-order valence-electron chi connectivity index (χ1n) is 26.8. The van der Waals surface area contributed by atoms with Crippen molar-refractivity contribution < 1.29 is 28.6 Å². The number of carbonyl (C=O) groups excluding carboxylic acids is 3. The lowest BCUT2D eigenvalue weighted by Gasteiger charge is -2.18. The summed E-state index contributed by atoms with van der Waals surface area (Å²) >= 11 is 0. The Labute approximate surface area is 411 Å². The summed E-state index contributed by atoms with van der Waals surface area (Å²) < 4.78 is 16.7. The van der Waals surface area contributed by atoms with Gasteiger partial charge in [0.25, 0.3) is 0 Å². The van der Waals surface area contributed by atoms with E-state index in [0.29, 0.717) is 12.8 Å². The summed E-state index contributed by atoms with van der Waals surface area (Å²) in [5.41, 5.74) is 0. The molecule has 1 unspecified atom stereocenters. The molecule has 0 aliphatic rings. The normalized spacial score (nSPS) is 13.2. The molecule has 0 aromatic carbocycles. The molecule has 0 spiro atoms. The maximum absolute atomic E-state index is 12.8. The van der Waals surface area contributed by atoms with Crippen molar-refractivity contribution in [3.63, 3.8) is 0 Å². The fourth-order valence-corrected chi connectivity index (χ4v) is 6.82. The van der Waals surface area contributed by atoms with Crippen LogP contribution >= 0.6 is 0 Å². The Balaban J connectivity index is 4.56. The second kappa shape index (κ2) is 54.2. The first-order chi connectivity index (χ1) is 33.0. The number of unbranched alkanes of at least 4 members (excludes halogenated alkanes) is 21. The molecule has 0 amide bonds. The lowest BCUT2D eigenvalue weighted by Crippen LogP contribution is -2.30.